The molecule has 0 spiro atoms. The van der Waals surface area contributed by atoms with Crippen LogP contribution in [0.2, 0.25) is 0 Å². The Labute approximate surface area is 108 Å². The van der Waals surface area contributed by atoms with Crippen LogP contribution in [0.4, 0.5) is 5.69 Å². The summed E-state index contributed by atoms with van der Waals surface area (Å²) in [5.41, 5.74) is 6.00. The Hall–Kier alpha value is -1.07. The van der Waals surface area contributed by atoms with E-state index >= 15 is 0 Å². The zero-order valence-corrected chi connectivity index (χ0v) is 11.1. The van der Waals surface area contributed by atoms with E-state index in [0.717, 1.165) is 25.7 Å². The number of nitrogens with two attached hydrogens (primary N) is 1. The van der Waals surface area contributed by atoms with Gasteiger partial charge in [0.2, 0.25) is 0 Å². The van der Waals surface area contributed by atoms with E-state index in [0.29, 0.717) is 23.3 Å². The van der Waals surface area contributed by atoms with Crippen LogP contribution in [-0.4, -0.2) is 26.6 Å². The third kappa shape index (κ3) is 2.67. The summed E-state index contributed by atoms with van der Waals surface area (Å²) in [5, 5.41) is 23.5. The fourth-order valence-corrected chi connectivity index (χ4v) is 2.66. The Balaban J connectivity index is 2.11. The zero-order valence-electron chi connectivity index (χ0n) is 11.1. The van der Waals surface area contributed by atoms with Gasteiger partial charge in [0.1, 0.15) is 11.3 Å². The van der Waals surface area contributed by atoms with Crippen molar-refractivity contribution in [2.45, 2.75) is 51.2 Å². The largest absolute Gasteiger partial charge is 0.396 e. The molecule has 1 fully saturated rings. The van der Waals surface area contributed by atoms with E-state index in [-0.39, 0.29) is 6.61 Å². The van der Waals surface area contributed by atoms with Gasteiger partial charge < -0.3 is 15.9 Å². The number of aliphatic hydroxyl groups excluding tert-OH is 1. The molecular formula is C13H23N3O2. The first kappa shape index (κ1) is 13.4. The van der Waals surface area contributed by atoms with Crippen molar-refractivity contribution in [2.75, 3.05) is 12.3 Å². The lowest BCUT2D eigenvalue weighted by atomic mass is 9.87. The van der Waals surface area contributed by atoms with E-state index in [1.807, 2.05) is 10.9 Å². The molecule has 5 nitrogen and oxygen atoms in total. The normalized spacial score (nSPS) is 25.3. The van der Waals surface area contributed by atoms with E-state index in [2.05, 4.69) is 5.10 Å². The van der Waals surface area contributed by atoms with E-state index < -0.39 is 5.60 Å². The van der Waals surface area contributed by atoms with Gasteiger partial charge in [-0.05, 0) is 45.4 Å². The summed E-state index contributed by atoms with van der Waals surface area (Å²) in [5.74, 6) is 0.433. The van der Waals surface area contributed by atoms with Crippen molar-refractivity contribution in [1.82, 2.24) is 9.78 Å². The first-order valence-electron chi connectivity index (χ1n) is 6.60. The van der Waals surface area contributed by atoms with Crippen LogP contribution >= 0.6 is 0 Å². The molecule has 0 aromatic carbocycles. The standard InChI is InChI=1S/C13H23N3O2/c1-13(2,18)12-11(14)7-16(15-12)10-5-3-9(8-17)4-6-10/h7,9-10,17-18H,3-6,8,14H2,1-2H3. The molecule has 0 atom stereocenters. The van der Waals surface area contributed by atoms with Crippen LogP contribution in [0.15, 0.2) is 6.20 Å². The van der Waals surface area contributed by atoms with Crippen molar-refractivity contribution < 1.29 is 10.2 Å². The van der Waals surface area contributed by atoms with Crippen molar-refractivity contribution in [3.8, 4) is 0 Å². The van der Waals surface area contributed by atoms with Gasteiger partial charge in [0.15, 0.2) is 0 Å². The third-order valence-corrected chi connectivity index (χ3v) is 3.79. The average molecular weight is 253 g/mol. The maximum atomic E-state index is 9.97. The fraction of sp³-hybridized carbons (Fsp3) is 0.769. The Morgan fingerprint density at radius 2 is 2.00 bits per heavy atom. The molecule has 1 saturated carbocycles. The summed E-state index contributed by atoms with van der Waals surface area (Å²) in [4.78, 5) is 0. The molecule has 0 unspecified atom stereocenters. The lowest BCUT2D eigenvalue weighted by Crippen LogP contribution is -2.22. The van der Waals surface area contributed by atoms with Crippen molar-refractivity contribution >= 4 is 5.69 Å². The van der Waals surface area contributed by atoms with Gasteiger partial charge in [-0.1, -0.05) is 0 Å². The van der Waals surface area contributed by atoms with Gasteiger partial charge in [0, 0.05) is 12.8 Å². The van der Waals surface area contributed by atoms with Crippen LogP contribution in [0.5, 0.6) is 0 Å². The monoisotopic (exact) mass is 253 g/mol. The van der Waals surface area contributed by atoms with Gasteiger partial charge in [-0.25, -0.2) is 0 Å². The van der Waals surface area contributed by atoms with Gasteiger partial charge in [-0.2, -0.15) is 5.10 Å². The van der Waals surface area contributed by atoms with Crippen LogP contribution in [0.1, 0.15) is 51.3 Å². The van der Waals surface area contributed by atoms with Gasteiger partial charge in [-0.15, -0.1) is 0 Å². The predicted molar refractivity (Wildman–Crippen MR) is 70.0 cm³/mol. The molecule has 0 amide bonds. The Bertz CT molecular complexity index is 401. The zero-order chi connectivity index (χ0) is 13.3. The Morgan fingerprint density at radius 3 is 2.44 bits per heavy atom. The molecule has 1 aromatic rings. The summed E-state index contributed by atoms with van der Waals surface area (Å²) in [6.07, 6.45) is 5.89. The molecular weight excluding hydrogens is 230 g/mol. The van der Waals surface area contributed by atoms with Gasteiger partial charge in [0.25, 0.3) is 0 Å². The molecule has 0 aliphatic heterocycles. The summed E-state index contributed by atoms with van der Waals surface area (Å²) in [6.45, 7) is 3.67. The molecule has 1 aliphatic carbocycles. The molecule has 0 saturated heterocycles. The SMILES string of the molecule is CC(C)(O)c1nn(C2CCC(CO)CC2)cc1N. The highest BCUT2D eigenvalue weighted by Gasteiger charge is 2.27. The molecule has 1 aliphatic rings. The minimum Gasteiger partial charge on any atom is -0.396 e. The highest BCUT2D eigenvalue weighted by molar-refractivity contribution is 5.43. The topological polar surface area (TPSA) is 84.3 Å². The van der Waals surface area contributed by atoms with Crippen LogP contribution < -0.4 is 5.73 Å². The number of aliphatic hydroxyl groups is 2. The van der Waals surface area contributed by atoms with Crippen LogP contribution in [0.3, 0.4) is 0 Å². The van der Waals surface area contributed by atoms with Gasteiger partial charge in [0.05, 0.1) is 11.7 Å². The third-order valence-electron chi connectivity index (χ3n) is 3.79. The highest BCUT2D eigenvalue weighted by Crippen LogP contribution is 2.33. The van der Waals surface area contributed by atoms with Crippen LogP contribution in [-0.2, 0) is 5.60 Å². The fourth-order valence-electron chi connectivity index (χ4n) is 2.66. The number of anilines is 1. The number of hydrogen-bond donors (Lipinski definition) is 3. The molecule has 102 valence electrons. The molecule has 1 aromatic heterocycles. The van der Waals surface area contributed by atoms with E-state index in [1.165, 1.54) is 0 Å². The second-order valence-corrected chi connectivity index (χ2v) is 5.83. The van der Waals surface area contributed by atoms with Crippen molar-refractivity contribution in [2.24, 2.45) is 5.92 Å². The second kappa shape index (κ2) is 4.90. The molecule has 18 heavy (non-hydrogen) atoms. The molecule has 0 bridgehead atoms. The minimum absolute atomic E-state index is 0.281. The molecule has 5 heteroatoms. The van der Waals surface area contributed by atoms with E-state index in [1.54, 1.807) is 13.8 Å². The first-order valence-corrected chi connectivity index (χ1v) is 6.60. The number of nitrogens with zero attached hydrogens (tertiary/aromatic N) is 2. The average Bonchev–Trinajstić information content (AvgIpc) is 2.71. The quantitative estimate of drug-likeness (QED) is 0.760. The molecule has 4 N–H and O–H groups in total. The Morgan fingerprint density at radius 1 is 1.39 bits per heavy atom. The number of rotatable bonds is 3. The molecule has 0 radical (unpaired) electrons. The van der Waals surface area contributed by atoms with Crippen molar-refractivity contribution in [1.29, 1.82) is 0 Å². The van der Waals surface area contributed by atoms with Gasteiger partial charge >= 0.3 is 0 Å². The van der Waals surface area contributed by atoms with Crippen molar-refractivity contribution in [3.05, 3.63) is 11.9 Å². The van der Waals surface area contributed by atoms with Crippen LogP contribution in [0, 0.1) is 5.92 Å². The number of hydrogen-bond acceptors (Lipinski definition) is 4. The van der Waals surface area contributed by atoms with E-state index in [4.69, 9.17) is 10.8 Å². The number of nitrogen functional groups attached to an aromatic ring is 1. The van der Waals surface area contributed by atoms with Gasteiger partial charge in [-0.3, -0.25) is 4.68 Å². The molecule has 1 heterocycles. The maximum absolute atomic E-state index is 9.97. The second-order valence-electron chi connectivity index (χ2n) is 5.83. The first-order chi connectivity index (χ1) is 8.41. The van der Waals surface area contributed by atoms with Crippen molar-refractivity contribution in [3.63, 3.8) is 0 Å². The number of aromatic nitrogens is 2. The maximum Gasteiger partial charge on any atom is 0.116 e. The highest BCUT2D eigenvalue weighted by atomic mass is 16.3. The smallest absolute Gasteiger partial charge is 0.116 e. The lowest BCUT2D eigenvalue weighted by Gasteiger charge is -2.27. The minimum atomic E-state index is -1.00. The summed E-state index contributed by atoms with van der Waals surface area (Å²) in [6, 6.07) is 0.339. The molecule has 2 rings (SSSR count). The predicted octanol–water partition coefficient (Wildman–Crippen LogP) is 1.42. The summed E-state index contributed by atoms with van der Waals surface area (Å²) < 4.78 is 1.89. The van der Waals surface area contributed by atoms with Crippen LogP contribution in [0.25, 0.3) is 0 Å². The lowest BCUT2D eigenvalue weighted by molar-refractivity contribution is 0.0730. The summed E-state index contributed by atoms with van der Waals surface area (Å²) in [7, 11) is 0. The summed E-state index contributed by atoms with van der Waals surface area (Å²) >= 11 is 0. The Kier molecular flexibility index (Phi) is 3.64. The van der Waals surface area contributed by atoms with E-state index in [9.17, 15) is 5.11 Å².